The van der Waals surface area contributed by atoms with E-state index in [9.17, 15) is 9.59 Å². The molecule has 1 aliphatic rings. The highest BCUT2D eigenvalue weighted by Gasteiger charge is 2.39. The summed E-state index contributed by atoms with van der Waals surface area (Å²) in [6, 6.07) is -0.714. The number of nitrogens with zero attached hydrogens (tertiary/aromatic N) is 1. The Kier molecular flexibility index (Phi) is 4.05. The summed E-state index contributed by atoms with van der Waals surface area (Å²) in [5, 5.41) is 17.4. The van der Waals surface area contributed by atoms with Gasteiger partial charge in [-0.05, 0) is 13.0 Å². The Bertz CT molecular complexity index is 255. The monoisotopic (exact) mass is 217 g/mol. The molecule has 1 saturated heterocycles. The fourth-order valence-electron chi connectivity index (χ4n) is 1.85. The van der Waals surface area contributed by atoms with E-state index >= 15 is 0 Å². The first-order valence-electron chi connectivity index (χ1n) is 4.86. The summed E-state index contributed by atoms with van der Waals surface area (Å²) in [5.74, 6) is -2.03. The molecule has 2 N–H and O–H groups in total. The molecular formula is C9H15NO5. The number of rotatable bonds is 5. The van der Waals surface area contributed by atoms with E-state index < -0.39 is 30.7 Å². The van der Waals surface area contributed by atoms with Gasteiger partial charge in [-0.15, -0.1) is 0 Å². The molecule has 0 aromatic carbocycles. The first kappa shape index (κ1) is 11.9. The molecule has 1 heterocycles. The average molecular weight is 217 g/mol. The number of carboxylic acids is 2. The summed E-state index contributed by atoms with van der Waals surface area (Å²) in [7, 11) is 0. The lowest BCUT2D eigenvalue weighted by atomic mass is 10.1. The lowest BCUT2D eigenvalue weighted by Crippen LogP contribution is -2.43. The maximum Gasteiger partial charge on any atom is 0.329 e. The number of likely N-dealkylation sites (tertiary alicyclic amines) is 1. The fourth-order valence-corrected chi connectivity index (χ4v) is 1.85. The predicted molar refractivity (Wildman–Crippen MR) is 50.7 cm³/mol. The zero-order valence-electron chi connectivity index (χ0n) is 8.55. The van der Waals surface area contributed by atoms with Gasteiger partial charge in [0.15, 0.2) is 0 Å². The van der Waals surface area contributed by atoms with Crippen molar-refractivity contribution in [2.24, 2.45) is 0 Å². The molecule has 0 unspecified atom stereocenters. The number of likely N-dealkylation sites (N-methyl/N-ethyl adjacent to an activating group) is 1. The van der Waals surface area contributed by atoms with E-state index in [1.165, 1.54) is 0 Å². The second-order valence-electron chi connectivity index (χ2n) is 3.44. The Morgan fingerprint density at radius 1 is 1.47 bits per heavy atom. The van der Waals surface area contributed by atoms with Crippen LogP contribution in [-0.2, 0) is 14.3 Å². The highest BCUT2D eigenvalue weighted by atomic mass is 16.5. The van der Waals surface area contributed by atoms with Crippen LogP contribution in [0.15, 0.2) is 0 Å². The van der Waals surface area contributed by atoms with Crippen LogP contribution < -0.4 is 0 Å². The molecule has 1 rings (SSSR count). The van der Waals surface area contributed by atoms with Crippen LogP contribution in [0.5, 0.6) is 0 Å². The van der Waals surface area contributed by atoms with Gasteiger partial charge in [0.1, 0.15) is 12.6 Å². The van der Waals surface area contributed by atoms with Crippen LogP contribution in [-0.4, -0.2) is 58.9 Å². The maximum absolute atomic E-state index is 11.0. The molecule has 6 nitrogen and oxygen atoms in total. The smallest absolute Gasteiger partial charge is 0.329 e. The van der Waals surface area contributed by atoms with E-state index in [1.54, 1.807) is 4.90 Å². The third-order valence-corrected chi connectivity index (χ3v) is 2.53. The standard InChI is InChI=1S/C9H15NO5/c1-2-10-4-3-6(8(10)9(13)14)15-5-7(11)12/h6,8H,2-5H2,1H3,(H,11,12)(H,13,14)/t6-,8+/m1/s1. The molecule has 1 aliphatic heterocycles. The van der Waals surface area contributed by atoms with E-state index in [1.807, 2.05) is 6.92 Å². The number of hydrogen-bond acceptors (Lipinski definition) is 4. The van der Waals surface area contributed by atoms with Crippen molar-refractivity contribution in [1.82, 2.24) is 4.90 Å². The van der Waals surface area contributed by atoms with E-state index in [4.69, 9.17) is 14.9 Å². The summed E-state index contributed by atoms with van der Waals surface area (Å²) in [6.07, 6.45) is 0.0523. The van der Waals surface area contributed by atoms with E-state index in [0.29, 0.717) is 19.5 Å². The van der Waals surface area contributed by atoms with Gasteiger partial charge in [-0.3, -0.25) is 9.69 Å². The molecule has 6 heteroatoms. The van der Waals surface area contributed by atoms with Crippen LogP contribution in [0.2, 0.25) is 0 Å². The minimum atomic E-state index is -1.07. The van der Waals surface area contributed by atoms with Gasteiger partial charge in [-0.1, -0.05) is 6.92 Å². The third kappa shape index (κ3) is 2.90. The maximum atomic E-state index is 11.0. The zero-order valence-corrected chi connectivity index (χ0v) is 8.55. The van der Waals surface area contributed by atoms with Crippen LogP contribution in [0.3, 0.4) is 0 Å². The van der Waals surface area contributed by atoms with Gasteiger partial charge in [0.2, 0.25) is 0 Å². The molecule has 0 radical (unpaired) electrons. The lowest BCUT2D eigenvalue weighted by molar-refractivity contribution is -0.152. The van der Waals surface area contributed by atoms with Crippen molar-refractivity contribution in [2.75, 3.05) is 19.7 Å². The molecule has 0 amide bonds. The molecule has 0 aromatic heterocycles. The first-order valence-corrected chi connectivity index (χ1v) is 4.86. The van der Waals surface area contributed by atoms with Gasteiger partial charge in [0.05, 0.1) is 6.10 Å². The molecule has 86 valence electrons. The van der Waals surface area contributed by atoms with Crippen molar-refractivity contribution in [2.45, 2.75) is 25.5 Å². The second kappa shape index (κ2) is 5.09. The van der Waals surface area contributed by atoms with Crippen LogP contribution >= 0.6 is 0 Å². The van der Waals surface area contributed by atoms with Gasteiger partial charge in [-0.25, -0.2) is 4.79 Å². The number of ether oxygens (including phenoxy) is 1. The van der Waals surface area contributed by atoms with Gasteiger partial charge in [0, 0.05) is 6.54 Å². The first-order chi connectivity index (χ1) is 7.06. The zero-order chi connectivity index (χ0) is 11.4. The largest absolute Gasteiger partial charge is 0.480 e. The number of aliphatic carboxylic acids is 2. The van der Waals surface area contributed by atoms with Crippen molar-refractivity contribution in [3.63, 3.8) is 0 Å². The van der Waals surface area contributed by atoms with Crippen LogP contribution in [0.1, 0.15) is 13.3 Å². The van der Waals surface area contributed by atoms with Crippen LogP contribution in [0.4, 0.5) is 0 Å². The molecule has 0 aromatic rings. The summed E-state index contributed by atoms with van der Waals surface area (Å²) < 4.78 is 5.05. The highest BCUT2D eigenvalue weighted by molar-refractivity contribution is 5.75. The average Bonchev–Trinajstić information content (AvgIpc) is 2.57. The van der Waals surface area contributed by atoms with Gasteiger partial charge >= 0.3 is 11.9 Å². The molecular weight excluding hydrogens is 202 g/mol. The Balaban J connectivity index is 2.56. The molecule has 0 aliphatic carbocycles. The molecule has 2 atom stereocenters. The molecule has 15 heavy (non-hydrogen) atoms. The third-order valence-electron chi connectivity index (χ3n) is 2.53. The van der Waals surface area contributed by atoms with Gasteiger partial charge < -0.3 is 14.9 Å². The fraction of sp³-hybridized carbons (Fsp3) is 0.778. The quantitative estimate of drug-likeness (QED) is 0.653. The summed E-state index contributed by atoms with van der Waals surface area (Å²) >= 11 is 0. The molecule has 0 saturated carbocycles. The van der Waals surface area contributed by atoms with E-state index in [-0.39, 0.29) is 0 Å². The summed E-state index contributed by atoms with van der Waals surface area (Å²) in [4.78, 5) is 23.0. The van der Waals surface area contributed by atoms with Gasteiger partial charge in [0.25, 0.3) is 0 Å². The minimum Gasteiger partial charge on any atom is -0.480 e. The molecule has 0 bridgehead atoms. The molecule has 0 spiro atoms. The van der Waals surface area contributed by atoms with Gasteiger partial charge in [-0.2, -0.15) is 0 Å². The SMILES string of the molecule is CCN1CC[C@@H](OCC(=O)O)[C@H]1C(=O)O. The molecule has 1 fully saturated rings. The van der Waals surface area contributed by atoms with Crippen LogP contribution in [0.25, 0.3) is 0 Å². The van der Waals surface area contributed by atoms with Crippen molar-refractivity contribution in [1.29, 1.82) is 0 Å². The van der Waals surface area contributed by atoms with Crippen molar-refractivity contribution < 1.29 is 24.5 Å². The summed E-state index contributed by atoms with van der Waals surface area (Å²) in [5.41, 5.74) is 0. The van der Waals surface area contributed by atoms with Crippen molar-refractivity contribution >= 4 is 11.9 Å². The van der Waals surface area contributed by atoms with E-state index in [0.717, 1.165) is 0 Å². The number of carboxylic acid groups (broad SMARTS) is 2. The Hall–Kier alpha value is -1.14. The van der Waals surface area contributed by atoms with E-state index in [2.05, 4.69) is 0 Å². The normalized spacial score (nSPS) is 26.7. The highest BCUT2D eigenvalue weighted by Crippen LogP contribution is 2.20. The minimum absolute atomic E-state index is 0.438. The lowest BCUT2D eigenvalue weighted by Gasteiger charge is -2.22. The number of carbonyl (C=O) groups is 2. The van der Waals surface area contributed by atoms with Crippen LogP contribution in [0, 0.1) is 0 Å². The summed E-state index contributed by atoms with van der Waals surface area (Å²) in [6.45, 7) is 2.70. The Morgan fingerprint density at radius 2 is 2.13 bits per heavy atom. The second-order valence-corrected chi connectivity index (χ2v) is 3.44. The Morgan fingerprint density at radius 3 is 2.60 bits per heavy atom. The van der Waals surface area contributed by atoms with Crippen molar-refractivity contribution in [3.05, 3.63) is 0 Å². The number of hydrogen-bond donors (Lipinski definition) is 2. The predicted octanol–water partition coefficient (Wildman–Crippen LogP) is -0.365. The topological polar surface area (TPSA) is 87.1 Å². The van der Waals surface area contributed by atoms with Crippen molar-refractivity contribution in [3.8, 4) is 0 Å². The Labute approximate surface area is 87.4 Å².